The Labute approximate surface area is 107 Å². The highest BCUT2D eigenvalue weighted by Crippen LogP contribution is 2.09. The fourth-order valence-electron chi connectivity index (χ4n) is 1.93. The second-order valence-corrected chi connectivity index (χ2v) is 6.54. The molecule has 0 aliphatic carbocycles. The first kappa shape index (κ1) is 14.6. The van der Waals surface area contributed by atoms with Crippen LogP contribution in [0.25, 0.3) is 0 Å². The topological polar surface area (TPSA) is 49.4 Å². The van der Waals surface area contributed by atoms with Gasteiger partial charge in [0.15, 0.2) is 0 Å². The van der Waals surface area contributed by atoms with Crippen molar-refractivity contribution in [2.45, 2.75) is 37.9 Å². The molecule has 0 spiro atoms. The molecule has 100 valence electrons. The zero-order valence-electron chi connectivity index (χ0n) is 10.9. The molecule has 0 aromatic heterocycles. The normalized spacial score (nSPS) is 20.7. The van der Waals surface area contributed by atoms with Gasteiger partial charge in [0.2, 0.25) is 5.91 Å². The highest BCUT2D eigenvalue weighted by atomic mass is 32.2. The van der Waals surface area contributed by atoms with Crippen LogP contribution in [-0.2, 0) is 15.6 Å². The summed E-state index contributed by atoms with van der Waals surface area (Å²) in [4.78, 5) is 13.8. The summed E-state index contributed by atoms with van der Waals surface area (Å²) in [5, 5.41) is 3.20. The number of carbonyl (C=O) groups is 1. The summed E-state index contributed by atoms with van der Waals surface area (Å²) in [5.74, 6) is 0.181. The van der Waals surface area contributed by atoms with Crippen LogP contribution < -0.4 is 5.32 Å². The molecule has 1 aliphatic rings. The van der Waals surface area contributed by atoms with E-state index in [9.17, 15) is 9.00 Å². The van der Waals surface area contributed by atoms with Crippen LogP contribution in [0.2, 0.25) is 0 Å². The van der Waals surface area contributed by atoms with Crippen LogP contribution >= 0.6 is 0 Å². The quantitative estimate of drug-likeness (QED) is 0.793. The maximum Gasteiger partial charge on any atom is 0.236 e. The average Bonchev–Trinajstić information content (AvgIpc) is 2.57. The Hall–Kier alpha value is -0.420. The molecule has 0 aromatic carbocycles. The Kier molecular flexibility index (Phi) is 6.73. The van der Waals surface area contributed by atoms with Crippen molar-refractivity contribution < 1.29 is 9.00 Å². The third kappa shape index (κ3) is 5.64. The molecule has 17 heavy (non-hydrogen) atoms. The number of rotatable bonds is 5. The van der Waals surface area contributed by atoms with Gasteiger partial charge in [-0.15, -0.1) is 0 Å². The molecule has 0 saturated carbocycles. The molecule has 1 heterocycles. The van der Waals surface area contributed by atoms with E-state index in [1.165, 1.54) is 12.8 Å². The molecule has 1 aliphatic heterocycles. The van der Waals surface area contributed by atoms with Gasteiger partial charge in [-0.05, 0) is 19.8 Å². The molecule has 4 nitrogen and oxygen atoms in total. The molecule has 5 heteroatoms. The zero-order valence-corrected chi connectivity index (χ0v) is 11.7. The van der Waals surface area contributed by atoms with Crippen molar-refractivity contribution in [3.05, 3.63) is 0 Å². The van der Waals surface area contributed by atoms with Gasteiger partial charge >= 0.3 is 0 Å². The number of carbonyl (C=O) groups excluding carboxylic acids is 1. The van der Waals surface area contributed by atoms with E-state index < -0.39 is 10.8 Å². The molecule has 2 unspecified atom stereocenters. The highest BCUT2D eigenvalue weighted by molar-refractivity contribution is 7.84. The molecule has 1 rings (SSSR count). The van der Waals surface area contributed by atoms with E-state index in [1.807, 2.05) is 11.8 Å². The van der Waals surface area contributed by atoms with Gasteiger partial charge in [0.05, 0.1) is 6.54 Å². The van der Waals surface area contributed by atoms with E-state index in [4.69, 9.17) is 0 Å². The van der Waals surface area contributed by atoms with E-state index in [2.05, 4.69) is 5.32 Å². The minimum Gasteiger partial charge on any atom is -0.342 e. The lowest BCUT2D eigenvalue weighted by Crippen LogP contribution is -2.40. The number of hydrogen-bond donors (Lipinski definition) is 1. The monoisotopic (exact) mass is 260 g/mol. The van der Waals surface area contributed by atoms with E-state index in [0.717, 1.165) is 25.9 Å². The highest BCUT2D eigenvalue weighted by Gasteiger charge is 2.15. The Balaban J connectivity index is 2.21. The minimum absolute atomic E-state index is 0.104. The van der Waals surface area contributed by atoms with Crippen LogP contribution in [0.15, 0.2) is 0 Å². The summed E-state index contributed by atoms with van der Waals surface area (Å²) in [6, 6.07) is 0. The zero-order chi connectivity index (χ0) is 12.7. The average molecular weight is 260 g/mol. The van der Waals surface area contributed by atoms with Gasteiger partial charge < -0.3 is 10.2 Å². The predicted molar refractivity (Wildman–Crippen MR) is 71.4 cm³/mol. The van der Waals surface area contributed by atoms with Gasteiger partial charge in [-0.25, -0.2) is 0 Å². The first-order valence-electron chi connectivity index (χ1n) is 6.42. The predicted octanol–water partition coefficient (Wildman–Crippen LogP) is 0.746. The van der Waals surface area contributed by atoms with Crippen molar-refractivity contribution in [2.24, 2.45) is 0 Å². The van der Waals surface area contributed by atoms with Crippen LogP contribution in [0.3, 0.4) is 0 Å². The molecule has 1 amide bonds. The van der Waals surface area contributed by atoms with Crippen molar-refractivity contribution in [3.8, 4) is 0 Å². The molecule has 1 saturated heterocycles. The smallest absolute Gasteiger partial charge is 0.236 e. The largest absolute Gasteiger partial charge is 0.342 e. The number of likely N-dealkylation sites (tertiary alicyclic amines) is 1. The second kappa shape index (κ2) is 7.82. The van der Waals surface area contributed by atoms with Gasteiger partial charge in [0.1, 0.15) is 0 Å². The SMILES string of the molecule is CC(CNCC(=O)N1CCCCCC1)S(C)=O. The first-order chi connectivity index (χ1) is 8.11. The molecular formula is C12H24N2O2S. The van der Waals surface area contributed by atoms with E-state index in [-0.39, 0.29) is 11.2 Å². The third-order valence-corrected chi connectivity index (χ3v) is 4.53. The van der Waals surface area contributed by atoms with Gasteiger partial charge in [0.25, 0.3) is 0 Å². The van der Waals surface area contributed by atoms with E-state index in [0.29, 0.717) is 13.1 Å². The Bertz CT molecular complexity index is 263. The lowest BCUT2D eigenvalue weighted by molar-refractivity contribution is -0.130. The first-order valence-corrected chi connectivity index (χ1v) is 8.04. The van der Waals surface area contributed by atoms with Gasteiger partial charge in [-0.2, -0.15) is 0 Å². The second-order valence-electron chi connectivity index (χ2n) is 4.74. The summed E-state index contributed by atoms with van der Waals surface area (Å²) >= 11 is 0. The lowest BCUT2D eigenvalue weighted by Gasteiger charge is -2.20. The van der Waals surface area contributed by atoms with Crippen LogP contribution in [-0.4, -0.2) is 52.7 Å². The molecule has 2 atom stereocenters. The summed E-state index contributed by atoms with van der Waals surface area (Å²) in [6.45, 7) is 4.75. The number of amides is 1. The maximum absolute atomic E-state index is 11.9. The molecule has 0 radical (unpaired) electrons. The molecule has 0 bridgehead atoms. The molecule has 1 N–H and O–H groups in total. The molecule has 0 aromatic rings. The summed E-state index contributed by atoms with van der Waals surface area (Å²) < 4.78 is 11.1. The number of hydrogen-bond acceptors (Lipinski definition) is 3. The van der Waals surface area contributed by atoms with Crippen molar-refractivity contribution in [1.29, 1.82) is 0 Å². The fraction of sp³-hybridized carbons (Fsp3) is 0.917. The van der Waals surface area contributed by atoms with Crippen molar-refractivity contribution >= 4 is 16.7 Å². The van der Waals surface area contributed by atoms with E-state index in [1.54, 1.807) is 6.26 Å². The standard InChI is InChI=1S/C12H24N2O2S/c1-11(17(2)16)9-13-10-12(15)14-7-5-3-4-6-8-14/h11,13H,3-10H2,1-2H3. The fourth-order valence-corrected chi connectivity index (χ4v) is 2.28. The summed E-state index contributed by atoms with van der Waals surface area (Å²) in [6.07, 6.45) is 6.43. The third-order valence-electron chi connectivity index (χ3n) is 3.23. The maximum atomic E-state index is 11.9. The van der Waals surface area contributed by atoms with Crippen LogP contribution in [0.5, 0.6) is 0 Å². The van der Waals surface area contributed by atoms with Gasteiger partial charge in [-0.3, -0.25) is 9.00 Å². The minimum atomic E-state index is -0.820. The Morgan fingerprint density at radius 3 is 2.41 bits per heavy atom. The van der Waals surface area contributed by atoms with Crippen LogP contribution in [0, 0.1) is 0 Å². The summed E-state index contributed by atoms with van der Waals surface area (Å²) in [7, 11) is -0.820. The number of nitrogens with zero attached hydrogens (tertiary/aromatic N) is 1. The van der Waals surface area contributed by atoms with Gasteiger partial charge in [0, 0.05) is 41.9 Å². The lowest BCUT2D eigenvalue weighted by atomic mass is 10.2. The van der Waals surface area contributed by atoms with Crippen molar-refractivity contribution in [2.75, 3.05) is 32.4 Å². The van der Waals surface area contributed by atoms with Crippen LogP contribution in [0.4, 0.5) is 0 Å². The van der Waals surface area contributed by atoms with Crippen LogP contribution in [0.1, 0.15) is 32.6 Å². The Morgan fingerprint density at radius 2 is 1.88 bits per heavy atom. The Morgan fingerprint density at radius 1 is 1.29 bits per heavy atom. The van der Waals surface area contributed by atoms with E-state index >= 15 is 0 Å². The molecular weight excluding hydrogens is 236 g/mol. The van der Waals surface area contributed by atoms with Crippen molar-refractivity contribution in [3.63, 3.8) is 0 Å². The molecule has 1 fully saturated rings. The van der Waals surface area contributed by atoms with Crippen molar-refractivity contribution in [1.82, 2.24) is 10.2 Å². The number of nitrogens with one attached hydrogen (secondary N) is 1. The summed E-state index contributed by atoms with van der Waals surface area (Å²) in [5.41, 5.74) is 0. The van der Waals surface area contributed by atoms with Gasteiger partial charge in [-0.1, -0.05) is 12.8 Å².